The van der Waals surface area contributed by atoms with Crippen molar-refractivity contribution in [3.63, 3.8) is 0 Å². The highest BCUT2D eigenvalue weighted by atomic mass is 35.5. The van der Waals surface area contributed by atoms with Gasteiger partial charge in [0, 0.05) is 95.6 Å². The largest absolute Gasteiger partial charge is 0.368 e. The molecule has 5 atom stereocenters. The molecule has 4 fully saturated rings. The van der Waals surface area contributed by atoms with E-state index in [1.54, 1.807) is 26.6 Å². The normalized spacial score (nSPS) is 21.7. The van der Waals surface area contributed by atoms with Crippen LogP contribution in [-0.4, -0.2) is 169 Å². The van der Waals surface area contributed by atoms with E-state index in [1.807, 2.05) is 110 Å². The van der Waals surface area contributed by atoms with Crippen molar-refractivity contribution in [2.45, 2.75) is 87.6 Å². The van der Waals surface area contributed by atoms with Crippen LogP contribution in [0.1, 0.15) is 47.9 Å². The van der Waals surface area contributed by atoms with E-state index < -0.39 is 20.0 Å². The Hall–Kier alpha value is -3.24. The fraction of sp³-hybridized carbons (Fsp3) is 0.500. The summed E-state index contributed by atoms with van der Waals surface area (Å²) in [5.41, 5.74) is 10.2. The molecule has 4 saturated heterocycles. The number of nitrogens with one attached hydrogen (secondary N) is 2. The summed E-state index contributed by atoms with van der Waals surface area (Å²) in [6.07, 6.45) is 15.3. The Bertz CT molecular complexity index is 2980. The lowest BCUT2D eigenvalue weighted by Gasteiger charge is -2.50. The average molecular weight is 1260 g/mol. The highest BCUT2D eigenvalue weighted by Gasteiger charge is 2.43. The minimum absolute atomic E-state index is 0. The van der Waals surface area contributed by atoms with Crippen LogP contribution in [0.3, 0.4) is 0 Å². The van der Waals surface area contributed by atoms with E-state index in [2.05, 4.69) is 39.6 Å². The molecule has 0 saturated carbocycles. The number of piperazine rings is 2. The van der Waals surface area contributed by atoms with Crippen molar-refractivity contribution in [2.75, 3.05) is 93.1 Å². The third-order valence-electron chi connectivity index (χ3n) is 14.7. The number of halogens is 5. The number of H-pyrrole nitrogens is 1. The summed E-state index contributed by atoms with van der Waals surface area (Å²) in [6, 6.07) is 31.9. The second-order valence-corrected chi connectivity index (χ2v) is 28.9. The molecule has 25 heteroatoms. The van der Waals surface area contributed by atoms with E-state index in [0.29, 0.717) is 76.5 Å². The van der Waals surface area contributed by atoms with Gasteiger partial charge in [0.25, 0.3) is 0 Å². The Balaban J connectivity index is 0.000000224. The van der Waals surface area contributed by atoms with E-state index in [-0.39, 0.29) is 47.3 Å². The third-order valence-corrected chi connectivity index (χ3v) is 21.0. The lowest BCUT2D eigenvalue weighted by molar-refractivity contribution is 0.0291. The maximum absolute atomic E-state index is 13.0. The molecule has 2 unspecified atom stereocenters. The van der Waals surface area contributed by atoms with Crippen LogP contribution in [0.5, 0.6) is 0 Å². The number of rotatable bonds is 15. The minimum atomic E-state index is -3.41. The fourth-order valence-corrected chi connectivity index (χ4v) is 15.5. The molecule has 0 radical (unpaired) electrons. The van der Waals surface area contributed by atoms with E-state index in [4.69, 9.17) is 57.4 Å². The highest BCUT2D eigenvalue weighted by molar-refractivity contribution is 8.10. The van der Waals surface area contributed by atoms with Crippen molar-refractivity contribution in [3.05, 3.63) is 139 Å². The second-order valence-electron chi connectivity index (χ2n) is 20.4. The van der Waals surface area contributed by atoms with Gasteiger partial charge in [-0.15, -0.1) is 17.5 Å². The SMILES string of the molecule is CS(=O)(=O)N1CC(Cc2ccc(Cl)cc2)N(C2CCN(c3n[nH]c(N)n3)CC2)C[C@@H]1Cc1ccc(Cl)cc1.CS(=O)(=O)N1C[C@H](Cc2ccc(Cl)cc2)N(C2CCNCC2)C[C@@H]1Cc1ccc(Cl)cc1.CSCS(C)=NC#N.Cl. The molecule has 4 aromatic carbocycles. The third kappa shape index (κ3) is 19.7. The van der Waals surface area contributed by atoms with Gasteiger partial charge in [-0.05, 0) is 148 Å². The molecule has 5 aromatic rings. The molecule has 1 aromatic heterocycles. The predicted molar refractivity (Wildman–Crippen MR) is 331 cm³/mol. The number of aromatic amines is 1. The zero-order chi connectivity index (χ0) is 56.0. The van der Waals surface area contributed by atoms with Crippen LogP contribution in [0.25, 0.3) is 0 Å². The summed E-state index contributed by atoms with van der Waals surface area (Å²) in [6.45, 7) is 5.97. The molecule has 432 valence electrons. The molecule has 0 amide bonds. The predicted octanol–water partition coefficient (Wildman–Crippen LogP) is 8.95. The van der Waals surface area contributed by atoms with Gasteiger partial charge in [-0.3, -0.25) is 9.80 Å². The molecule has 79 heavy (non-hydrogen) atoms. The Labute approximate surface area is 501 Å². The molecule has 0 aliphatic carbocycles. The number of anilines is 2. The van der Waals surface area contributed by atoms with Crippen molar-refractivity contribution in [1.82, 2.24) is 38.9 Å². The van der Waals surface area contributed by atoms with Gasteiger partial charge in [-0.25, -0.2) is 21.9 Å². The van der Waals surface area contributed by atoms with E-state index in [1.165, 1.54) is 18.1 Å². The van der Waals surface area contributed by atoms with E-state index >= 15 is 0 Å². The number of benzene rings is 4. The van der Waals surface area contributed by atoms with Gasteiger partial charge in [0.1, 0.15) is 0 Å². The first-order valence-electron chi connectivity index (χ1n) is 26.0. The first-order chi connectivity index (χ1) is 37.3. The van der Waals surface area contributed by atoms with Gasteiger partial charge < -0.3 is 16.0 Å². The van der Waals surface area contributed by atoms with Crippen LogP contribution in [0.4, 0.5) is 11.9 Å². The lowest BCUT2D eigenvalue weighted by Crippen LogP contribution is -2.64. The van der Waals surface area contributed by atoms with Crippen LogP contribution in [0.15, 0.2) is 101 Å². The first kappa shape index (κ1) is 64.9. The number of piperidine rings is 2. The van der Waals surface area contributed by atoms with Crippen molar-refractivity contribution < 1.29 is 16.8 Å². The number of nitriles is 1. The maximum Gasteiger partial charge on any atom is 0.246 e. The van der Waals surface area contributed by atoms with Gasteiger partial charge in [0.2, 0.25) is 38.1 Å². The summed E-state index contributed by atoms with van der Waals surface area (Å²) >= 11 is 26.1. The van der Waals surface area contributed by atoms with Gasteiger partial charge >= 0.3 is 0 Å². The molecule has 0 spiro atoms. The van der Waals surface area contributed by atoms with Crippen molar-refractivity contribution >= 4 is 113 Å². The topological polar surface area (TPSA) is 200 Å². The van der Waals surface area contributed by atoms with Gasteiger partial charge in [0.15, 0.2) is 0 Å². The summed E-state index contributed by atoms with van der Waals surface area (Å²) in [4.78, 5) is 11.6. The van der Waals surface area contributed by atoms with Crippen LogP contribution in [0, 0.1) is 11.5 Å². The monoisotopic (exact) mass is 1260 g/mol. The van der Waals surface area contributed by atoms with Crippen LogP contribution in [-0.2, 0) is 56.4 Å². The summed E-state index contributed by atoms with van der Waals surface area (Å²) in [7, 11) is -6.80. The first-order valence-corrected chi connectivity index (χ1v) is 34.4. The van der Waals surface area contributed by atoms with Crippen molar-refractivity contribution in [1.29, 1.82) is 5.26 Å². The summed E-state index contributed by atoms with van der Waals surface area (Å²) in [5.74, 6) is 0.938. The molecule has 0 bridgehead atoms. The molecule has 4 aliphatic rings. The van der Waals surface area contributed by atoms with Crippen molar-refractivity contribution in [2.24, 2.45) is 4.36 Å². The number of aromatic nitrogens is 3. The number of thioether (sulfide) groups is 1. The highest BCUT2D eigenvalue weighted by Crippen LogP contribution is 2.32. The van der Waals surface area contributed by atoms with Crippen molar-refractivity contribution in [3.8, 4) is 6.19 Å². The number of hydrogen-bond acceptors (Lipinski definition) is 14. The van der Waals surface area contributed by atoms with Crippen LogP contribution in [0.2, 0.25) is 20.1 Å². The molecular weight excluding hydrogens is 1190 g/mol. The number of nitrogens with two attached hydrogens (primary N) is 1. The number of nitrogen functional groups attached to an aromatic ring is 1. The fourth-order valence-electron chi connectivity index (χ4n) is 11.1. The van der Waals surface area contributed by atoms with E-state index in [0.717, 1.165) is 93.0 Å². The summed E-state index contributed by atoms with van der Waals surface area (Å²) < 4.78 is 58.7. The maximum atomic E-state index is 13.0. The molecule has 9 rings (SSSR count). The molecular formula is C54H73Cl5N12O4S4. The van der Waals surface area contributed by atoms with Gasteiger partial charge in [-0.1, -0.05) is 106 Å². The Morgan fingerprint density at radius 2 is 1.01 bits per heavy atom. The molecule has 16 nitrogen and oxygen atoms in total. The van der Waals surface area contributed by atoms with Crippen LogP contribution >= 0.6 is 70.6 Å². The van der Waals surface area contributed by atoms with Gasteiger partial charge in [0.05, 0.1) is 17.6 Å². The Morgan fingerprint density at radius 1 is 0.646 bits per heavy atom. The quantitative estimate of drug-likeness (QED) is 0.0840. The van der Waals surface area contributed by atoms with E-state index in [9.17, 15) is 16.8 Å². The summed E-state index contributed by atoms with van der Waals surface area (Å²) in [5, 5.41) is 22.2. The number of hydrogen-bond donors (Lipinski definition) is 3. The standard InChI is InChI=1S/C26H33Cl2N7O2S.C24H31Cl2N3O2S.C4H8N2S2.ClH/c1-38(36,37)35-17-23(14-18-2-6-20(27)7-3-18)34(16-24(35)15-19-4-8-21(28)9-5-19)22-10-12-33(13-11-22)26-30-25(29)31-32-26;1-32(30,31)29-17-23(14-18-2-6-20(25)7-3-18)28(22-10-12-27-13-11-22)16-24(29)15-19-4-8-21(26)9-5-19;1-7-4-8(2)6-3-5;/h2-9,22-24H,10-17H2,1H3,(H3,29,30,31,32);2-9,22-24,27H,10-17H2,1H3;4H2,1-2H3;1H/t23?,24-;23-,24-;;/m00../s1. The zero-order valence-corrected chi connectivity index (χ0v) is 52.1. The van der Waals surface area contributed by atoms with Crippen LogP contribution < -0.4 is 16.0 Å². The lowest BCUT2D eigenvalue weighted by atomic mass is 9.93. The van der Waals surface area contributed by atoms with Gasteiger partial charge in [-0.2, -0.15) is 35.0 Å². The smallest absolute Gasteiger partial charge is 0.246 e. The number of sulfonamides is 2. The molecule has 4 aliphatic heterocycles. The minimum Gasteiger partial charge on any atom is -0.368 e. The molecule has 4 N–H and O–H groups in total. The average Bonchev–Trinajstić information content (AvgIpc) is 3.87. The Kier molecular flexibility index (Phi) is 25.4. The second kappa shape index (κ2) is 30.9. The number of nitrogens with zero attached hydrogens (tertiary/aromatic N) is 9. The zero-order valence-electron chi connectivity index (χ0n) is 45.0. The molecule has 5 heterocycles. The Morgan fingerprint density at radius 3 is 1.34 bits per heavy atom.